The lowest BCUT2D eigenvalue weighted by Crippen LogP contribution is -2.49. The van der Waals surface area contributed by atoms with Gasteiger partial charge in [0.2, 0.25) is 11.8 Å². The molecule has 0 spiro atoms. The minimum absolute atomic E-state index is 0.000614. The van der Waals surface area contributed by atoms with Crippen LogP contribution in [0.5, 0.6) is 0 Å². The smallest absolute Gasteiger partial charge is 0.233 e. The highest BCUT2D eigenvalue weighted by molar-refractivity contribution is 7.13. The zero-order valence-corrected chi connectivity index (χ0v) is 22.0. The van der Waals surface area contributed by atoms with Gasteiger partial charge in [-0.25, -0.2) is 0 Å². The predicted molar refractivity (Wildman–Crippen MR) is 143 cm³/mol. The lowest BCUT2D eigenvalue weighted by Gasteiger charge is -2.40. The lowest BCUT2D eigenvalue weighted by molar-refractivity contribution is -0.141. The summed E-state index contributed by atoms with van der Waals surface area (Å²) in [5.41, 5.74) is 0. The van der Waals surface area contributed by atoms with E-state index in [-0.39, 0.29) is 23.7 Å². The molecule has 5 fully saturated rings. The molecule has 0 unspecified atom stereocenters. The van der Waals surface area contributed by atoms with E-state index in [0.717, 1.165) is 57.8 Å². The summed E-state index contributed by atoms with van der Waals surface area (Å²) < 4.78 is 6.03. The van der Waals surface area contributed by atoms with Crippen LogP contribution in [-0.2, 0) is 9.59 Å². The summed E-state index contributed by atoms with van der Waals surface area (Å²) in [6.07, 6.45) is 9.45. The minimum Gasteiger partial charge on any atom is -0.353 e. The van der Waals surface area contributed by atoms with Gasteiger partial charge in [-0.2, -0.15) is 4.37 Å². The number of carbonyl (C=O) groups excluding carboxylic acids is 2. The van der Waals surface area contributed by atoms with Crippen LogP contribution >= 0.6 is 11.5 Å². The summed E-state index contributed by atoms with van der Waals surface area (Å²) in [5, 5.41) is 1.28. The van der Waals surface area contributed by atoms with Crippen LogP contribution in [-0.4, -0.2) is 65.3 Å². The second-order valence-corrected chi connectivity index (χ2v) is 13.0. The normalized spacial score (nSPS) is 35.1. The van der Waals surface area contributed by atoms with Crippen LogP contribution in [0.3, 0.4) is 0 Å². The number of nitrogens with zero attached hydrogens (tertiary/aromatic N) is 4. The fourth-order valence-electron chi connectivity index (χ4n) is 8.36. The molecule has 1 aromatic carbocycles. The Kier molecular flexibility index (Phi) is 6.04. The van der Waals surface area contributed by atoms with E-state index in [0.29, 0.717) is 30.2 Å². The standard InChI is InChI=1S/C29H38N4O2S/c34-28-24-16-19-9-10-20(15-19)26(24)29(35)33(28)18-22-6-2-1-5-21(22)17-31-11-13-32(14-12-31)27-23-7-3-4-8-25(23)36-30-27/h3-4,7-8,19-22,24,26H,1-2,5-6,9-18H2/t19-,20+,21+,22+,24-,26+/m1/s1. The van der Waals surface area contributed by atoms with E-state index in [4.69, 9.17) is 4.37 Å². The first-order valence-corrected chi connectivity index (χ1v) is 15.1. The SMILES string of the molecule is O=C1[C@H]2[C@H]3CC[C@H](C3)C[C@H]2C(=O)N1C[C@@H]1CCCC[C@H]1CN1CCN(c2nsc3ccccc23)CC1. The molecule has 3 saturated carbocycles. The van der Waals surface area contributed by atoms with Crippen LogP contribution in [0.15, 0.2) is 24.3 Å². The topological polar surface area (TPSA) is 56.8 Å². The maximum absolute atomic E-state index is 13.4. The van der Waals surface area contributed by atoms with E-state index in [1.807, 2.05) is 0 Å². The summed E-state index contributed by atoms with van der Waals surface area (Å²) in [5.74, 6) is 3.73. The summed E-state index contributed by atoms with van der Waals surface area (Å²) >= 11 is 1.60. The van der Waals surface area contributed by atoms with Gasteiger partial charge < -0.3 is 4.90 Å². The average Bonchev–Trinajstić information content (AvgIpc) is 3.57. The molecule has 7 rings (SSSR count). The van der Waals surface area contributed by atoms with Crippen LogP contribution < -0.4 is 4.90 Å². The molecule has 2 saturated heterocycles. The van der Waals surface area contributed by atoms with Gasteiger partial charge >= 0.3 is 0 Å². The molecule has 5 aliphatic rings. The van der Waals surface area contributed by atoms with Crippen molar-refractivity contribution in [3.8, 4) is 0 Å². The van der Waals surface area contributed by atoms with Crippen LogP contribution in [0.25, 0.3) is 10.1 Å². The Morgan fingerprint density at radius 3 is 2.47 bits per heavy atom. The monoisotopic (exact) mass is 506 g/mol. The van der Waals surface area contributed by atoms with Crippen molar-refractivity contribution in [3.63, 3.8) is 0 Å². The molecule has 3 heterocycles. The maximum Gasteiger partial charge on any atom is 0.233 e. The van der Waals surface area contributed by atoms with E-state index in [2.05, 4.69) is 34.1 Å². The number of rotatable bonds is 5. The number of imide groups is 1. The average molecular weight is 507 g/mol. The number of aromatic nitrogens is 1. The number of hydrogen-bond donors (Lipinski definition) is 0. The van der Waals surface area contributed by atoms with Crippen LogP contribution in [0.4, 0.5) is 5.82 Å². The Morgan fingerprint density at radius 2 is 1.64 bits per heavy atom. The number of anilines is 1. The van der Waals surface area contributed by atoms with Crippen LogP contribution in [0.1, 0.15) is 51.4 Å². The molecule has 0 radical (unpaired) electrons. The number of hydrogen-bond acceptors (Lipinski definition) is 6. The highest BCUT2D eigenvalue weighted by Gasteiger charge is 2.56. The van der Waals surface area contributed by atoms with Crippen molar-refractivity contribution in [2.75, 3.05) is 44.2 Å². The summed E-state index contributed by atoms with van der Waals surface area (Å²) in [4.78, 5) is 33.6. The highest BCUT2D eigenvalue weighted by Crippen LogP contribution is 2.52. The molecule has 1 aromatic heterocycles. The van der Waals surface area contributed by atoms with Gasteiger partial charge in [-0.15, -0.1) is 0 Å². The van der Waals surface area contributed by atoms with E-state index in [9.17, 15) is 9.59 Å². The Bertz CT molecular complexity index is 1140. The molecule has 6 nitrogen and oxygen atoms in total. The number of carbonyl (C=O) groups is 2. The van der Waals surface area contributed by atoms with Crippen molar-refractivity contribution >= 4 is 39.3 Å². The van der Waals surface area contributed by atoms with Gasteiger partial charge in [-0.1, -0.05) is 31.4 Å². The minimum atomic E-state index is 0.000614. The highest BCUT2D eigenvalue weighted by atomic mass is 32.1. The first-order valence-electron chi connectivity index (χ1n) is 14.3. The molecule has 192 valence electrons. The molecule has 36 heavy (non-hydrogen) atoms. The largest absolute Gasteiger partial charge is 0.353 e. The molecule has 2 aliphatic heterocycles. The first-order chi connectivity index (χ1) is 17.7. The number of amides is 2. The van der Waals surface area contributed by atoms with Gasteiger partial charge in [0.15, 0.2) is 0 Å². The van der Waals surface area contributed by atoms with Crippen molar-refractivity contribution in [1.29, 1.82) is 0 Å². The Labute approximate surface area is 218 Å². The molecule has 3 aliphatic carbocycles. The third-order valence-electron chi connectivity index (χ3n) is 10.3. The second kappa shape index (κ2) is 9.39. The van der Waals surface area contributed by atoms with Gasteiger partial charge in [0.25, 0.3) is 0 Å². The van der Waals surface area contributed by atoms with Crippen LogP contribution in [0.2, 0.25) is 0 Å². The van der Waals surface area contributed by atoms with Gasteiger partial charge in [0.05, 0.1) is 16.5 Å². The van der Waals surface area contributed by atoms with Crippen molar-refractivity contribution < 1.29 is 9.59 Å². The second-order valence-electron chi connectivity index (χ2n) is 12.2. The quantitative estimate of drug-likeness (QED) is 0.553. The fourth-order valence-corrected chi connectivity index (χ4v) is 9.15. The summed E-state index contributed by atoms with van der Waals surface area (Å²) in [7, 11) is 0. The first kappa shape index (κ1) is 23.2. The molecule has 6 atom stereocenters. The Morgan fingerprint density at radius 1 is 0.861 bits per heavy atom. The maximum atomic E-state index is 13.4. The van der Waals surface area contributed by atoms with Crippen molar-refractivity contribution in [1.82, 2.24) is 14.2 Å². The van der Waals surface area contributed by atoms with E-state index in [1.165, 1.54) is 42.2 Å². The molecule has 2 bridgehead atoms. The van der Waals surface area contributed by atoms with E-state index < -0.39 is 0 Å². The Hall–Kier alpha value is -1.99. The molecule has 2 aromatic rings. The zero-order valence-electron chi connectivity index (χ0n) is 21.2. The molecule has 7 heteroatoms. The fraction of sp³-hybridized carbons (Fsp3) is 0.690. The van der Waals surface area contributed by atoms with E-state index in [1.54, 1.807) is 16.4 Å². The van der Waals surface area contributed by atoms with Gasteiger partial charge in [-0.05, 0) is 79.4 Å². The van der Waals surface area contributed by atoms with Gasteiger partial charge in [-0.3, -0.25) is 19.4 Å². The number of benzene rings is 1. The lowest BCUT2D eigenvalue weighted by atomic mass is 9.74. The van der Waals surface area contributed by atoms with Gasteiger partial charge in [0.1, 0.15) is 5.82 Å². The molecule has 0 N–H and O–H groups in total. The summed E-state index contributed by atoms with van der Waals surface area (Å²) in [6, 6.07) is 8.54. The molecule has 2 amide bonds. The number of piperazine rings is 1. The van der Waals surface area contributed by atoms with Crippen molar-refractivity contribution in [2.24, 2.45) is 35.5 Å². The van der Waals surface area contributed by atoms with Crippen LogP contribution in [0, 0.1) is 35.5 Å². The van der Waals surface area contributed by atoms with E-state index >= 15 is 0 Å². The predicted octanol–water partition coefficient (Wildman–Crippen LogP) is 4.65. The Balaban J connectivity index is 0.985. The van der Waals surface area contributed by atoms with Gasteiger partial charge in [0, 0.05) is 44.7 Å². The van der Waals surface area contributed by atoms with Crippen molar-refractivity contribution in [2.45, 2.75) is 51.4 Å². The third-order valence-corrected chi connectivity index (χ3v) is 11.1. The third kappa shape index (κ3) is 3.97. The molecular weight excluding hydrogens is 468 g/mol. The van der Waals surface area contributed by atoms with Crippen molar-refractivity contribution in [3.05, 3.63) is 24.3 Å². The summed E-state index contributed by atoms with van der Waals surface area (Å²) in [6.45, 7) is 5.93. The molecular formula is C29H38N4O2S. The number of fused-ring (bicyclic) bond motifs is 5. The zero-order chi connectivity index (χ0) is 24.2. The number of likely N-dealkylation sites (tertiary alicyclic amines) is 1.